The van der Waals surface area contributed by atoms with Crippen LogP contribution in [0.15, 0.2) is 41.8 Å². The third-order valence-corrected chi connectivity index (χ3v) is 4.80. The molecule has 0 radical (unpaired) electrons. The number of halogens is 1. The number of urea groups is 1. The van der Waals surface area contributed by atoms with E-state index in [-0.39, 0.29) is 23.8 Å². The molecule has 0 spiro atoms. The predicted octanol–water partition coefficient (Wildman–Crippen LogP) is 2.25. The normalized spacial score (nSPS) is 15.2. The Labute approximate surface area is 143 Å². The summed E-state index contributed by atoms with van der Waals surface area (Å²) in [5.41, 5.74) is 0.796. The van der Waals surface area contributed by atoms with Crippen LogP contribution in [-0.4, -0.2) is 42.5 Å². The van der Waals surface area contributed by atoms with Crippen molar-refractivity contribution < 1.29 is 14.0 Å². The zero-order valence-corrected chi connectivity index (χ0v) is 13.8. The van der Waals surface area contributed by atoms with Crippen molar-refractivity contribution in [3.05, 3.63) is 58.0 Å². The first-order valence-electron chi connectivity index (χ1n) is 7.74. The van der Waals surface area contributed by atoms with Crippen LogP contribution < -0.4 is 10.6 Å². The van der Waals surface area contributed by atoms with Gasteiger partial charge in [0.25, 0.3) is 5.91 Å². The van der Waals surface area contributed by atoms with Crippen molar-refractivity contribution in [2.75, 3.05) is 19.6 Å². The van der Waals surface area contributed by atoms with Crippen molar-refractivity contribution >= 4 is 23.3 Å². The second kappa shape index (κ2) is 7.44. The fraction of sp³-hybridized carbons (Fsp3) is 0.294. The average molecular weight is 347 g/mol. The summed E-state index contributed by atoms with van der Waals surface area (Å²) < 4.78 is 13.4. The van der Waals surface area contributed by atoms with E-state index in [4.69, 9.17) is 0 Å². The lowest BCUT2D eigenvalue weighted by atomic mass is 10.0. The average Bonchev–Trinajstić information content (AvgIpc) is 3.23. The number of carbonyl (C=O) groups excluding carboxylic acids is 2. The fourth-order valence-corrected chi connectivity index (χ4v) is 3.41. The third kappa shape index (κ3) is 3.91. The Hall–Kier alpha value is -2.41. The minimum atomic E-state index is -0.306. The molecule has 1 atom stereocenters. The molecule has 1 aliphatic heterocycles. The predicted molar refractivity (Wildman–Crippen MR) is 90.6 cm³/mol. The van der Waals surface area contributed by atoms with Gasteiger partial charge in [0.15, 0.2) is 0 Å². The molecule has 7 heteroatoms. The number of carbonyl (C=O) groups is 2. The van der Waals surface area contributed by atoms with Gasteiger partial charge >= 0.3 is 6.03 Å². The molecule has 5 nitrogen and oxygen atoms in total. The second-order valence-electron chi connectivity index (χ2n) is 5.60. The van der Waals surface area contributed by atoms with Crippen LogP contribution in [0.1, 0.15) is 15.2 Å². The number of thiophene rings is 1. The lowest BCUT2D eigenvalue weighted by Crippen LogP contribution is -2.46. The maximum absolute atomic E-state index is 13.4. The number of hydrogen-bond acceptors (Lipinski definition) is 3. The smallest absolute Gasteiger partial charge is 0.317 e. The van der Waals surface area contributed by atoms with Gasteiger partial charge in [0.05, 0.1) is 10.9 Å². The van der Waals surface area contributed by atoms with Crippen LogP contribution in [0.25, 0.3) is 0 Å². The van der Waals surface area contributed by atoms with Crippen LogP contribution in [0.2, 0.25) is 0 Å². The maximum Gasteiger partial charge on any atom is 0.317 e. The summed E-state index contributed by atoms with van der Waals surface area (Å²) in [7, 11) is 0. The van der Waals surface area contributed by atoms with Crippen LogP contribution >= 0.6 is 11.3 Å². The Morgan fingerprint density at radius 3 is 2.92 bits per heavy atom. The molecule has 1 aliphatic rings. The van der Waals surface area contributed by atoms with Crippen molar-refractivity contribution in [3.63, 3.8) is 0 Å². The molecule has 0 unspecified atom stereocenters. The van der Waals surface area contributed by atoms with E-state index >= 15 is 0 Å². The SMILES string of the molecule is O=C(NC[C@H](Cc1cccc(F)c1)N1CCNC1=O)c1cccs1. The second-order valence-corrected chi connectivity index (χ2v) is 6.55. The highest BCUT2D eigenvalue weighted by molar-refractivity contribution is 7.12. The highest BCUT2D eigenvalue weighted by Gasteiger charge is 2.28. The molecule has 1 saturated heterocycles. The minimum Gasteiger partial charge on any atom is -0.349 e. The summed E-state index contributed by atoms with van der Waals surface area (Å²) in [4.78, 5) is 26.4. The standard InChI is InChI=1S/C17H18FN3O2S/c18-13-4-1-3-12(9-13)10-14(21-7-6-19-17(21)23)11-20-16(22)15-5-2-8-24-15/h1-5,8-9,14H,6-7,10-11H2,(H,19,23)(H,20,22)/t14-/m0/s1. The van der Waals surface area contributed by atoms with Crippen molar-refractivity contribution in [1.29, 1.82) is 0 Å². The fourth-order valence-electron chi connectivity index (χ4n) is 2.77. The van der Waals surface area contributed by atoms with Gasteiger partial charge in [0.1, 0.15) is 5.82 Å². The van der Waals surface area contributed by atoms with Gasteiger partial charge in [-0.05, 0) is 35.6 Å². The van der Waals surface area contributed by atoms with Crippen LogP contribution in [-0.2, 0) is 6.42 Å². The van der Waals surface area contributed by atoms with E-state index in [1.54, 1.807) is 17.0 Å². The van der Waals surface area contributed by atoms with E-state index in [9.17, 15) is 14.0 Å². The first-order chi connectivity index (χ1) is 11.6. The monoisotopic (exact) mass is 347 g/mol. The van der Waals surface area contributed by atoms with E-state index in [0.717, 1.165) is 5.56 Å². The van der Waals surface area contributed by atoms with E-state index in [0.29, 0.717) is 30.9 Å². The Kier molecular flexibility index (Phi) is 5.10. The van der Waals surface area contributed by atoms with Crippen molar-refractivity contribution in [2.45, 2.75) is 12.5 Å². The van der Waals surface area contributed by atoms with Gasteiger partial charge in [0, 0.05) is 19.6 Å². The van der Waals surface area contributed by atoms with Gasteiger partial charge in [-0.3, -0.25) is 4.79 Å². The van der Waals surface area contributed by atoms with Crippen LogP contribution in [0.4, 0.5) is 9.18 Å². The summed E-state index contributed by atoms with van der Waals surface area (Å²) in [5, 5.41) is 7.48. The molecule has 3 amide bonds. The van der Waals surface area contributed by atoms with Crippen molar-refractivity contribution in [3.8, 4) is 0 Å². The Balaban J connectivity index is 1.70. The Bertz CT molecular complexity index is 720. The number of hydrogen-bond donors (Lipinski definition) is 2. The minimum absolute atomic E-state index is 0.151. The third-order valence-electron chi connectivity index (χ3n) is 3.93. The number of nitrogens with zero attached hydrogens (tertiary/aromatic N) is 1. The first kappa shape index (κ1) is 16.4. The van der Waals surface area contributed by atoms with E-state index in [1.807, 2.05) is 17.5 Å². The summed E-state index contributed by atoms with van der Waals surface area (Å²) in [6.45, 7) is 1.48. The van der Waals surface area contributed by atoms with Crippen LogP contribution in [0, 0.1) is 5.82 Å². The molecule has 1 aromatic heterocycles. The topological polar surface area (TPSA) is 61.4 Å². The van der Waals surface area contributed by atoms with Crippen LogP contribution in [0.3, 0.4) is 0 Å². The zero-order valence-electron chi connectivity index (χ0n) is 13.0. The van der Waals surface area contributed by atoms with Gasteiger partial charge in [-0.2, -0.15) is 0 Å². The first-order valence-corrected chi connectivity index (χ1v) is 8.62. The molecule has 24 heavy (non-hydrogen) atoms. The largest absolute Gasteiger partial charge is 0.349 e. The molecule has 2 heterocycles. The molecule has 2 N–H and O–H groups in total. The molecular formula is C17H18FN3O2S. The van der Waals surface area contributed by atoms with Gasteiger partial charge in [-0.25, -0.2) is 9.18 Å². The van der Waals surface area contributed by atoms with Crippen molar-refractivity contribution in [2.24, 2.45) is 0 Å². The molecular weight excluding hydrogens is 329 g/mol. The number of benzene rings is 1. The van der Waals surface area contributed by atoms with Crippen molar-refractivity contribution in [1.82, 2.24) is 15.5 Å². The van der Waals surface area contributed by atoms with Gasteiger partial charge in [-0.15, -0.1) is 11.3 Å². The summed E-state index contributed by atoms with van der Waals surface area (Å²) in [6, 6.07) is 9.52. The van der Waals surface area contributed by atoms with Gasteiger partial charge in [-0.1, -0.05) is 18.2 Å². The molecule has 1 aromatic carbocycles. The maximum atomic E-state index is 13.4. The molecule has 3 rings (SSSR count). The summed E-state index contributed by atoms with van der Waals surface area (Å²) in [5.74, 6) is -0.464. The lowest BCUT2D eigenvalue weighted by Gasteiger charge is -2.27. The molecule has 2 aromatic rings. The molecule has 126 valence electrons. The summed E-state index contributed by atoms with van der Waals surface area (Å²) in [6.07, 6.45) is 0.482. The highest BCUT2D eigenvalue weighted by Crippen LogP contribution is 2.14. The molecule has 0 bridgehead atoms. The quantitative estimate of drug-likeness (QED) is 0.842. The number of amides is 3. The van der Waals surface area contributed by atoms with E-state index in [2.05, 4.69) is 10.6 Å². The lowest BCUT2D eigenvalue weighted by molar-refractivity contribution is 0.0944. The zero-order chi connectivity index (χ0) is 16.9. The molecule has 1 fully saturated rings. The van der Waals surface area contributed by atoms with E-state index < -0.39 is 0 Å². The molecule has 0 saturated carbocycles. The van der Waals surface area contributed by atoms with Gasteiger partial charge < -0.3 is 15.5 Å². The Morgan fingerprint density at radius 2 is 2.25 bits per heavy atom. The highest BCUT2D eigenvalue weighted by atomic mass is 32.1. The Morgan fingerprint density at radius 1 is 1.38 bits per heavy atom. The number of nitrogens with one attached hydrogen (secondary N) is 2. The van der Waals surface area contributed by atoms with Gasteiger partial charge in [0.2, 0.25) is 0 Å². The van der Waals surface area contributed by atoms with Crippen LogP contribution in [0.5, 0.6) is 0 Å². The number of rotatable bonds is 6. The molecule has 0 aliphatic carbocycles. The summed E-state index contributed by atoms with van der Waals surface area (Å²) >= 11 is 1.37. The van der Waals surface area contributed by atoms with E-state index in [1.165, 1.54) is 23.5 Å².